The molecule has 0 aliphatic carbocycles. The number of nitrogens with one attached hydrogen (secondary N) is 1. The van der Waals surface area contributed by atoms with Gasteiger partial charge in [-0.05, 0) is 30.2 Å². The summed E-state index contributed by atoms with van der Waals surface area (Å²) in [4.78, 5) is 11.8. The molecule has 2 aromatic rings. The Bertz CT molecular complexity index is 561. The van der Waals surface area contributed by atoms with E-state index in [-0.39, 0.29) is 5.91 Å². The van der Waals surface area contributed by atoms with Gasteiger partial charge in [-0.3, -0.25) is 4.79 Å². The zero-order valence-corrected chi connectivity index (χ0v) is 11.0. The molecule has 2 rings (SSSR count). The van der Waals surface area contributed by atoms with E-state index < -0.39 is 0 Å². The van der Waals surface area contributed by atoms with Gasteiger partial charge in [-0.2, -0.15) is 0 Å². The first-order chi connectivity index (χ1) is 9.13. The molecule has 0 aliphatic rings. The molecule has 0 bridgehead atoms. The molecule has 0 aliphatic heterocycles. The number of nitrogen functional groups attached to an aromatic ring is 1. The van der Waals surface area contributed by atoms with E-state index >= 15 is 0 Å². The Morgan fingerprint density at radius 2 is 1.84 bits per heavy atom. The highest BCUT2D eigenvalue weighted by atomic mass is 16.1. The monoisotopic (exact) mass is 254 g/mol. The molecule has 0 heterocycles. The fraction of sp³-hybridized carbons (Fsp3) is 0.188. The summed E-state index contributed by atoms with van der Waals surface area (Å²) in [6, 6.07) is 15.5. The van der Waals surface area contributed by atoms with E-state index in [0.29, 0.717) is 18.7 Å². The summed E-state index contributed by atoms with van der Waals surface area (Å²) in [6.45, 7) is 2.61. The number of hydrogen-bond acceptors (Lipinski definition) is 2. The lowest BCUT2D eigenvalue weighted by Crippen LogP contribution is -2.24. The van der Waals surface area contributed by atoms with Gasteiger partial charge in [0.2, 0.25) is 5.91 Å². The minimum absolute atomic E-state index is 0.0197. The first-order valence-corrected chi connectivity index (χ1v) is 6.30. The maximum absolute atomic E-state index is 11.8. The van der Waals surface area contributed by atoms with Gasteiger partial charge in [0.15, 0.2) is 0 Å². The number of carbonyl (C=O) groups is 1. The van der Waals surface area contributed by atoms with Gasteiger partial charge in [-0.15, -0.1) is 0 Å². The Labute approximate surface area is 113 Å². The van der Waals surface area contributed by atoms with Gasteiger partial charge in [0.25, 0.3) is 0 Å². The smallest absolute Gasteiger partial charge is 0.224 e. The normalized spacial score (nSPS) is 10.2. The number of rotatable bonds is 4. The molecule has 0 fully saturated rings. The maximum Gasteiger partial charge on any atom is 0.224 e. The molecule has 0 spiro atoms. The third-order valence-corrected chi connectivity index (χ3v) is 2.92. The predicted molar refractivity (Wildman–Crippen MR) is 77.6 cm³/mol. The van der Waals surface area contributed by atoms with E-state index in [4.69, 9.17) is 5.73 Å². The molecule has 0 aromatic heterocycles. The molecule has 0 atom stereocenters. The average molecular weight is 254 g/mol. The van der Waals surface area contributed by atoms with Gasteiger partial charge >= 0.3 is 0 Å². The SMILES string of the molecule is Cc1cccc(CNC(=O)Cc2ccc(N)cc2)c1. The standard InChI is InChI=1S/C16H18N2O/c1-12-3-2-4-14(9-12)11-18-16(19)10-13-5-7-15(17)8-6-13/h2-9H,10-11,17H2,1H3,(H,18,19). The molecule has 0 unspecified atom stereocenters. The summed E-state index contributed by atoms with van der Waals surface area (Å²) >= 11 is 0. The van der Waals surface area contributed by atoms with E-state index in [2.05, 4.69) is 11.4 Å². The van der Waals surface area contributed by atoms with Crippen LogP contribution < -0.4 is 11.1 Å². The first-order valence-electron chi connectivity index (χ1n) is 6.30. The van der Waals surface area contributed by atoms with Crippen molar-refractivity contribution in [2.75, 3.05) is 5.73 Å². The van der Waals surface area contributed by atoms with Crippen LogP contribution >= 0.6 is 0 Å². The summed E-state index contributed by atoms with van der Waals surface area (Å²) in [5.41, 5.74) is 9.60. The zero-order chi connectivity index (χ0) is 13.7. The Morgan fingerprint density at radius 1 is 1.11 bits per heavy atom. The fourth-order valence-corrected chi connectivity index (χ4v) is 1.91. The molecule has 98 valence electrons. The van der Waals surface area contributed by atoms with Crippen molar-refractivity contribution in [2.45, 2.75) is 19.9 Å². The summed E-state index contributed by atoms with van der Waals surface area (Å²) in [5, 5.41) is 2.92. The van der Waals surface area contributed by atoms with Crippen LogP contribution in [-0.2, 0) is 17.8 Å². The average Bonchev–Trinajstić information content (AvgIpc) is 2.39. The minimum atomic E-state index is 0.0197. The number of benzene rings is 2. The first kappa shape index (κ1) is 13.1. The predicted octanol–water partition coefficient (Wildman–Crippen LogP) is 2.44. The summed E-state index contributed by atoms with van der Waals surface area (Å²) in [5.74, 6) is 0.0197. The van der Waals surface area contributed by atoms with Crippen molar-refractivity contribution in [3.8, 4) is 0 Å². The molecular formula is C16H18N2O. The second-order valence-corrected chi connectivity index (χ2v) is 4.68. The van der Waals surface area contributed by atoms with Gasteiger partial charge in [0.1, 0.15) is 0 Å². The van der Waals surface area contributed by atoms with Crippen LogP contribution in [-0.4, -0.2) is 5.91 Å². The lowest BCUT2D eigenvalue weighted by Gasteiger charge is -2.06. The number of anilines is 1. The molecule has 0 radical (unpaired) electrons. The number of nitrogens with two attached hydrogens (primary N) is 1. The Hall–Kier alpha value is -2.29. The Kier molecular flexibility index (Phi) is 4.18. The molecule has 19 heavy (non-hydrogen) atoms. The van der Waals surface area contributed by atoms with Crippen molar-refractivity contribution < 1.29 is 4.79 Å². The van der Waals surface area contributed by atoms with Crippen molar-refractivity contribution >= 4 is 11.6 Å². The van der Waals surface area contributed by atoms with Gasteiger partial charge in [-0.1, -0.05) is 42.0 Å². The second-order valence-electron chi connectivity index (χ2n) is 4.68. The van der Waals surface area contributed by atoms with Crippen LogP contribution in [0.1, 0.15) is 16.7 Å². The van der Waals surface area contributed by atoms with Crippen LogP contribution in [0.5, 0.6) is 0 Å². The van der Waals surface area contributed by atoms with E-state index in [9.17, 15) is 4.79 Å². The number of carbonyl (C=O) groups excluding carboxylic acids is 1. The van der Waals surface area contributed by atoms with E-state index in [1.54, 1.807) is 0 Å². The topological polar surface area (TPSA) is 55.1 Å². The Balaban J connectivity index is 1.86. The zero-order valence-electron chi connectivity index (χ0n) is 11.0. The lowest BCUT2D eigenvalue weighted by molar-refractivity contribution is -0.120. The molecular weight excluding hydrogens is 236 g/mol. The van der Waals surface area contributed by atoms with Crippen LogP contribution in [0.3, 0.4) is 0 Å². The highest BCUT2D eigenvalue weighted by molar-refractivity contribution is 5.78. The highest BCUT2D eigenvalue weighted by Crippen LogP contribution is 2.07. The Morgan fingerprint density at radius 3 is 2.53 bits per heavy atom. The number of aryl methyl sites for hydroxylation is 1. The minimum Gasteiger partial charge on any atom is -0.399 e. The number of hydrogen-bond donors (Lipinski definition) is 2. The quantitative estimate of drug-likeness (QED) is 0.823. The fourth-order valence-electron chi connectivity index (χ4n) is 1.91. The second kappa shape index (κ2) is 6.05. The van der Waals surface area contributed by atoms with Crippen LogP contribution in [0.15, 0.2) is 48.5 Å². The van der Waals surface area contributed by atoms with Crippen LogP contribution in [0.2, 0.25) is 0 Å². The van der Waals surface area contributed by atoms with Crippen molar-refractivity contribution in [1.82, 2.24) is 5.32 Å². The van der Waals surface area contributed by atoms with Crippen molar-refractivity contribution in [2.24, 2.45) is 0 Å². The molecule has 0 saturated heterocycles. The lowest BCUT2D eigenvalue weighted by atomic mass is 10.1. The largest absolute Gasteiger partial charge is 0.399 e. The van der Waals surface area contributed by atoms with Gasteiger partial charge in [0, 0.05) is 12.2 Å². The van der Waals surface area contributed by atoms with Gasteiger partial charge < -0.3 is 11.1 Å². The maximum atomic E-state index is 11.8. The third kappa shape index (κ3) is 4.14. The van der Waals surface area contributed by atoms with Crippen molar-refractivity contribution in [1.29, 1.82) is 0 Å². The van der Waals surface area contributed by atoms with Crippen molar-refractivity contribution in [3.63, 3.8) is 0 Å². The number of amides is 1. The highest BCUT2D eigenvalue weighted by Gasteiger charge is 2.03. The molecule has 0 saturated carbocycles. The summed E-state index contributed by atoms with van der Waals surface area (Å²) in [6.07, 6.45) is 0.381. The molecule has 3 nitrogen and oxygen atoms in total. The van der Waals surface area contributed by atoms with Crippen LogP contribution in [0.25, 0.3) is 0 Å². The van der Waals surface area contributed by atoms with E-state index in [0.717, 1.165) is 11.1 Å². The van der Waals surface area contributed by atoms with E-state index in [1.165, 1.54) is 5.56 Å². The van der Waals surface area contributed by atoms with Gasteiger partial charge in [-0.25, -0.2) is 0 Å². The van der Waals surface area contributed by atoms with Crippen LogP contribution in [0.4, 0.5) is 5.69 Å². The van der Waals surface area contributed by atoms with Crippen LogP contribution in [0, 0.1) is 6.92 Å². The van der Waals surface area contributed by atoms with E-state index in [1.807, 2.05) is 49.4 Å². The molecule has 1 amide bonds. The van der Waals surface area contributed by atoms with Gasteiger partial charge in [0.05, 0.1) is 6.42 Å². The molecule has 2 aromatic carbocycles. The summed E-state index contributed by atoms with van der Waals surface area (Å²) < 4.78 is 0. The molecule has 3 heteroatoms. The summed E-state index contributed by atoms with van der Waals surface area (Å²) in [7, 11) is 0. The third-order valence-electron chi connectivity index (χ3n) is 2.92. The van der Waals surface area contributed by atoms with Crippen molar-refractivity contribution in [3.05, 3.63) is 65.2 Å². The molecule has 3 N–H and O–H groups in total.